The van der Waals surface area contributed by atoms with Crippen LogP contribution in [0.2, 0.25) is 0 Å². The molecule has 5 aliphatic rings. The molecule has 0 bridgehead atoms. The van der Waals surface area contributed by atoms with Crippen LogP contribution >= 0.6 is 0 Å². The van der Waals surface area contributed by atoms with Crippen LogP contribution < -0.4 is 5.73 Å². The van der Waals surface area contributed by atoms with Gasteiger partial charge < -0.3 is 44.4 Å². The van der Waals surface area contributed by atoms with Gasteiger partial charge in [0.2, 0.25) is 0 Å². The summed E-state index contributed by atoms with van der Waals surface area (Å²) in [5.41, 5.74) is 4.33. The highest BCUT2D eigenvalue weighted by atomic mass is 19.1. The molecule has 3 saturated heterocycles. The molecule has 0 spiro atoms. The Labute approximate surface area is 419 Å². The molecule has 5 fully saturated rings. The van der Waals surface area contributed by atoms with Crippen molar-refractivity contribution in [2.45, 2.75) is 226 Å². The van der Waals surface area contributed by atoms with Crippen LogP contribution in [0.25, 0.3) is 0 Å². The number of aliphatic carboxylic acids is 2. The normalized spacial score (nSPS) is 30.3. The van der Waals surface area contributed by atoms with Crippen molar-refractivity contribution < 1.29 is 80.6 Å². The van der Waals surface area contributed by atoms with E-state index in [1.54, 1.807) is 62.3 Å². The van der Waals surface area contributed by atoms with Gasteiger partial charge in [0, 0.05) is 33.8 Å². The number of ketones is 1. The molecule has 0 aromatic heterocycles. The summed E-state index contributed by atoms with van der Waals surface area (Å²) >= 11 is 0. The third-order valence-corrected chi connectivity index (χ3v) is 12.7. The number of alkyl halides is 3. The number of carbonyl (C=O) groups is 6. The second-order valence-electron chi connectivity index (χ2n) is 23.9. The lowest BCUT2D eigenvalue weighted by Crippen LogP contribution is -2.48. The monoisotopic (exact) mass is 1020 g/mol. The number of amides is 3. The fraction of sp³-hybridized carbons (Fsp3) is 0.880. The average molecular weight is 1030 g/mol. The van der Waals surface area contributed by atoms with E-state index in [1.165, 1.54) is 58.3 Å². The van der Waals surface area contributed by atoms with Crippen LogP contribution in [-0.2, 0) is 42.8 Å². The summed E-state index contributed by atoms with van der Waals surface area (Å²) in [6.07, 6.45) is -0.321. The highest BCUT2D eigenvalue weighted by molar-refractivity contribution is 5.89. The molecule has 412 valence electrons. The summed E-state index contributed by atoms with van der Waals surface area (Å²) in [5.74, 6) is -2.56. The van der Waals surface area contributed by atoms with Gasteiger partial charge in [-0.3, -0.25) is 19.5 Å². The van der Waals surface area contributed by atoms with Crippen molar-refractivity contribution in [2.24, 2.45) is 22.5 Å². The Morgan fingerprint density at radius 2 is 0.958 bits per heavy atom. The molecule has 4 N–H and O–H groups in total. The smallest absolute Gasteiger partial charge is 0.411 e. The summed E-state index contributed by atoms with van der Waals surface area (Å²) in [6.45, 7) is 23.6. The Morgan fingerprint density at radius 3 is 1.30 bits per heavy atom. The third-order valence-electron chi connectivity index (χ3n) is 12.7. The molecule has 2 unspecified atom stereocenters. The first-order valence-electron chi connectivity index (χ1n) is 24.6. The highest BCUT2D eigenvalue weighted by Gasteiger charge is 2.52. The first kappa shape index (κ1) is 63.2. The zero-order valence-corrected chi connectivity index (χ0v) is 45.2. The molecule has 2 saturated carbocycles. The number of nitrogens with zero attached hydrogens (tertiary/aromatic N) is 3. The lowest BCUT2D eigenvalue weighted by atomic mass is 9.70. The standard InChI is InChI=1S/C20H34FNO4.2C11H18FNO5.C8H17N/c1-19(2,3)26-18(24)22-12-14(21)17(25-6)16(22)15(23)10-13-8-7-9-20(4,5)11-13;1-11(2,3)18-10(16)13-5-6(12)8(17-4)7(13)9(14)15;1-11(2,3)18-10(16)13-5-6(17-4)7(12)8(13)9(14)15;1-8(2)5-3-4-7(9)6-8/h13-14,16-17H,7-12H2,1-6H3;2*6-8H,5H2,1-4H3,(H,14,15);7H,3-6,9H2,1-2H3/t13?,14-,16+,17+;6-,7-,8+;6-,7+,8+;/m001./s1. The molecule has 3 heterocycles. The van der Waals surface area contributed by atoms with E-state index in [1.807, 2.05) is 0 Å². The first-order chi connectivity index (χ1) is 32.4. The van der Waals surface area contributed by atoms with Gasteiger partial charge in [-0.05, 0) is 118 Å². The van der Waals surface area contributed by atoms with Gasteiger partial charge in [-0.15, -0.1) is 0 Å². The molecule has 5 rings (SSSR count). The number of likely N-dealkylation sites (tertiary alicyclic amines) is 3. The maximum atomic E-state index is 14.4. The topological polar surface area (TPSA) is 234 Å². The second-order valence-corrected chi connectivity index (χ2v) is 23.9. The fourth-order valence-corrected chi connectivity index (χ4v) is 9.72. The maximum Gasteiger partial charge on any atom is 0.411 e. The van der Waals surface area contributed by atoms with Crippen molar-refractivity contribution in [2.75, 3.05) is 41.0 Å². The van der Waals surface area contributed by atoms with E-state index in [4.69, 9.17) is 44.4 Å². The zero-order valence-electron chi connectivity index (χ0n) is 45.2. The fourth-order valence-electron chi connectivity index (χ4n) is 9.72. The van der Waals surface area contributed by atoms with Crippen molar-refractivity contribution >= 4 is 36.0 Å². The average Bonchev–Trinajstić information content (AvgIpc) is 3.85. The number of rotatable bonds is 8. The van der Waals surface area contributed by atoms with Gasteiger partial charge in [-0.2, -0.15) is 0 Å². The molecule has 11 atom stereocenters. The molecular formula is C50H87F3N4O14. The summed E-state index contributed by atoms with van der Waals surface area (Å²) in [5, 5.41) is 18.0. The molecule has 3 amide bonds. The molecule has 71 heavy (non-hydrogen) atoms. The summed E-state index contributed by atoms with van der Waals surface area (Å²) in [4.78, 5) is 74.2. The van der Waals surface area contributed by atoms with Gasteiger partial charge >= 0.3 is 30.2 Å². The number of methoxy groups -OCH3 is 3. The Morgan fingerprint density at radius 1 is 0.577 bits per heavy atom. The number of carboxylic acid groups (broad SMARTS) is 2. The quantitative estimate of drug-likeness (QED) is 0.195. The molecule has 21 heteroatoms. The van der Waals surface area contributed by atoms with Gasteiger partial charge in [-0.1, -0.05) is 40.5 Å². The predicted octanol–water partition coefficient (Wildman–Crippen LogP) is 8.14. The number of ether oxygens (including phenoxy) is 6. The minimum absolute atomic E-state index is 0.120. The highest BCUT2D eigenvalue weighted by Crippen LogP contribution is 2.41. The van der Waals surface area contributed by atoms with Crippen LogP contribution in [0.15, 0.2) is 0 Å². The first-order valence-corrected chi connectivity index (χ1v) is 24.6. The summed E-state index contributed by atoms with van der Waals surface area (Å²) in [7, 11) is 3.88. The Kier molecular flexibility index (Phi) is 23.0. The minimum atomic E-state index is -1.76. The number of hydrogen-bond donors (Lipinski definition) is 3. The van der Waals surface area contributed by atoms with E-state index in [0.29, 0.717) is 17.9 Å². The van der Waals surface area contributed by atoms with E-state index < -0.39 is 102 Å². The largest absolute Gasteiger partial charge is 0.480 e. The lowest BCUT2D eigenvalue weighted by molar-refractivity contribution is -0.146. The molecule has 0 aromatic rings. The van der Waals surface area contributed by atoms with Crippen molar-refractivity contribution in [1.82, 2.24) is 14.7 Å². The van der Waals surface area contributed by atoms with Crippen molar-refractivity contribution in [3.8, 4) is 0 Å². The molecule has 18 nitrogen and oxygen atoms in total. The minimum Gasteiger partial charge on any atom is -0.480 e. The zero-order chi connectivity index (χ0) is 54.8. The van der Waals surface area contributed by atoms with Crippen LogP contribution in [0.3, 0.4) is 0 Å². The summed E-state index contributed by atoms with van der Waals surface area (Å²) < 4.78 is 72.2. The van der Waals surface area contributed by atoms with Gasteiger partial charge in [0.25, 0.3) is 0 Å². The number of halogens is 3. The molecular weight excluding hydrogens is 938 g/mol. The van der Waals surface area contributed by atoms with E-state index in [0.717, 1.165) is 29.1 Å². The SMILES string of the molecule is CC1(C)CCCC(N)C1.CO[C@@H]1CN(C(=O)OC(C)(C)C)[C@H](C(=O)O)[C@H]1F.CO[C@H]1[C@@H](C(=O)CC2CCCC(C)(C)C2)N(C(=O)OC(C)(C)C)C[C@@H]1F.CO[C@H]1[C@@H](C(=O)O)N(C(=O)OC(C)(C)C)C[C@@H]1F. The Balaban J connectivity index is 0.000000342. The van der Waals surface area contributed by atoms with Gasteiger partial charge in [0.1, 0.15) is 53.5 Å². The van der Waals surface area contributed by atoms with Crippen molar-refractivity contribution in [3.05, 3.63) is 0 Å². The number of carboxylic acids is 2. The van der Waals surface area contributed by atoms with E-state index >= 15 is 0 Å². The van der Waals surface area contributed by atoms with Gasteiger partial charge in [0.15, 0.2) is 24.0 Å². The van der Waals surface area contributed by atoms with E-state index in [-0.39, 0.29) is 36.8 Å². The van der Waals surface area contributed by atoms with Crippen molar-refractivity contribution in [1.29, 1.82) is 0 Å². The maximum absolute atomic E-state index is 14.4. The number of nitrogens with two attached hydrogens (primary N) is 1. The number of Topliss-reactive ketones (excluding diaryl/α,β-unsaturated/α-hetero) is 1. The van der Waals surface area contributed by atoms with Gasteiger partial charge in [-0.25, -0.2) is 37.1 Å². The van der Waals surface area contributed by atoms with Gasteiger partial charge in [0.05, 0.1) is 19.6 Å². The van der Waals surface area contributed by atoms with Crippen molar-refractivity contribution in [3.63, 3.8) is 0 Å². The van der Waals surface area contributed by atoms with Crippen LogP contribution in [-0.4, -0.2) is 180 Å². The third kappa shape index (κ3) is 19.8. The Hall–Kier alpha value is -3.95. The van der Waals surface area contributed by atoms with Crippen LogP contribution in [0.1, 0.15) is 148 Å². The Bertz CT molecular complexity index is 1760. The number of hydrogen-bond acceptors (Lipinski definition) is 13. The lowest BCUT2D eigenvalue weighted by Gasteiger charge is -2.36. The second kappa shape index (κ2) is 25.8. The van der Waals surface area contributed by atoms with Crippen LogP contribution in [0.4, 0.5) is 27.6 Å². The van der Waals surface area contributed by atoms with Crippen LogP contribution in [0.5, 0.6) is 0 Å². The van der Waals surface area contributed by atoms with E-state index in [2.05, 4.69) is 27.7 Å². The molecule has 2 aliphatic carbocycles. The number of carbonyl (C=O) groups excluding carboxylic acids is 4. The molecule has 3 aliphatic heterocycles. The van der Waals surface area contributed by atoms with Crippen LogP contribution in [0, 0.1) is 16.7 Å². The van der Waals surface area contributed by atoms with E-state index in [9.17, 15) is 41.9 Å². The molecule has 0 radical (unpaired) electrons. The molecule has 0 aromatic carbocycles. The summed E-state index contributed by atoms with van der Waals surface area (Å²) in [6, 6.07) is -3.35. The predicted molar refractivity (Wildman–Crippen MR) is 258 cm³/mol.